The van der Waals surface area contributed by atoms with Crippen molar-refractivity contribution in [2.24, 2.45) is 0 Å². The average Bonchev–Trinajstić information content (AvgIpc) is 2.73. The van der Waals surface area contributed by atoms with E-state index in [1.807, 2.05) is 94.4 Å². The number of allylic oxidation sites excluding steroid dienone is 3. The third kappa shape index (κ3) is 17.9. The van der Waals surface area contributed by atoms with Gasteiger partial charge in [-0.3, -0.25) is 4.79 Å². The molecule has 0 aliphatic carbocycles. The Balaban J connectivity index is 0. The lowest BCUT2D eigenvalue weighted by molar-refractivity contribution is -0.131. The van der Waals surface area contributed by atoms with Crippen molar-refractivity contribution in [1.82, 2.24) is 0 Å². The summed E-state index contributed by atoms with van der Waals surface area (Å²) in [5, 5.41) is 8.30. The second-order valence-electron chi connectivity index (χ2n) is 5.13. The van der Waals surface area contributed by atoms with Gasteiger partial charge in [0.15, 0.2) is 5.78 Å². The van der Waals surface area contributed by atoms with Crippen LogP contribution in [-0.2, 0) is 22.4 Å². The van der Waals surface area contributed by atoms with Crippen molar-refractivity contribution in [2.45, 2.75) is 47.5 Å². The number of carboxylic acids is 1. The number of benzene rings is 2. The highest BCUT2D eigenvalue weighted by Gasteiger charge is 1.88. The molecule has 0 radical (unpaired) electrons. The van der Waals surface area contributed by atoms with Crippen LogP contribution in [0.3, 0.4) is 0 Å². The molecule has 3 nitrogen and oxygen atoms in total. The normalized spacial score (nSPS) is 9.32. The molecule has 0 spiro atoms. The quantitative estimate of drug-likeness (QED) is 0.597. The van der Waals surface area contributed by atoms with E-state index in [4.69, 9.17) is 5.11 Å². The van der Waals surface area contributed by atoms with Crippen LogP contribution in [0, 0.1) is 0 Å². The van der Waals surface area contributed by atoms with Gasteiger partial charge in [-0.05, 0) is 37.0 Å². The van der Waals surface area contributed by atoms with Crippen molar-refractivity contribution < 1.29 is 14.7 Å². The van der Waals surface area contributed by atoms with Crippen molar-refractivity contribution in [2.75, 3.05) is 0 Å². The number of carbonyl (C=O) groups is 2. The third-order valence-electron chi connectivity index (χ3n) is 3.01. The van der Waals surface area contributed by atoms with Gasteiger partial charge in [-0.1, -0.05) is 101 Å². The fraction of sp³-hybridized carbons (Fsp3) is 0.280. The molecule has 28 heavy (non-hydrogen) atoms. The summed E-state index contributed by atoms with van der Waals surface area (Å²) in [6.07, 6.45) is 7.79. The van der Waals surface area contributed by atoms with Crippen LogP contribution in [0.4, 0.5) is 0 Å². The fourth-order valence-electron chi connectivity index (χ4n) is 1.88. The summed E-state index contributed by atoms with van der Waals surface area (Å²) in [7, 11) is 0. The van der Waals surface area contributed by atoms with Gasteiger partial charge in [-0.2, -0.15) is 0 Å². The molecule has 0 atom stereocenters. The summed E-state index contributed by atoms with van der Waals surface area (Å²) in [5.74, 6) is -0.795. The molecule has 0 bridgehead atoms. The Bertz CT molecular complexity index is 610. The first kappa shape index (κ1) is 27.3. The van der Waals surface area contributed by atoms with Gasteiger partial charge >= 0.3 is 5.97 Å². The smallest absolute Gasteiger partial charge is 0.327 e. The van der Waals surface area contributed by atoms with E-state index in [1.165, 1.54) is 5.56 Å². The van der Waals surface area contributed by atoms with Crippen LogP contribution in [-0.4, -0.2) is 16.9 Å². The molecule has 0 fully saturated rings. The molecule has 1 N–H and O–H groups in total. The minimum atomic E-state index is -0.897. The summed E-state index contributed by atoms with van der Waals surface area (Å²) in [4.78, 5) is 20.6. The van der Waals surface area contributed by atoms with Gasteiger partial charge in [0.05, 0.1) is 0 Å². The Kier molecular flexibility index (Phi) is 19.8. The van der Waals surface area contributed by atoms with Gasteiger partial charge in [-0.15, -0.1) is 0 Å². The molecule has 2 rings (SSSR count). The van der Waals surface area contributed by atoms with Crippen molar-refractivity contribution in [3.05, 3.63) is 96.1 Å². The first-order valence-corrected chi connectivity index (χ1v) is 9.72. The Hall–Kier alpha value is -2.94. The van der Waals surface area contributed by atoms with E-state index in [9.17, 15) is 9.59 Å². The maximum absolute atomic E-state index is 10.5. The second-order valence-corrected chi connectivity index (χ2v) is 5.13. The van der Waals surface area contributed by atoms with Crippen molar-refractivity contribution in [3.63, 3.8) is 0 Å². The molecular formula is C25H34O3. The topological polar surface area (TPSA) is 54.4 Å². The second kappa shape index (κ2) is 20.4. The molecule has 0 aromatic heterocycles. The third-order valence-corrected chi connectivity index (χ3v) is 3.01. The number of aliphatic carboxylic acids is 1. The standard InChI is InChI=1S/C11H12O.C10H10O2.2C2H6/c1-10(12)6-5-9-11-7-3-2-4-8-11;11-10(12)8-4-7-9-5-2-1-3-6-9;2*1-2/h2-8H,9H2,1H3;1-6,8H,7H2,(H,11,12);2*1-2H3. The predicted molar refractivity (Wildman–Crippen MR) is 120 cm³/mol. The molecule has 3 heteroatoms. The molecule has 0 saturated carbocycles. The van der Waals surface area contributed by atoms with Crippen molar-refractivity contribution >= 4 is 11.8 Å². The molecular weight excluding hydrogens is 348 g/mol. The van der Waals surface area contributed by atoms with Crippen molar-refractivity contribution in [1.29, 1.82) is 0 Å². The largest absolute Gasteiger partial charge is 0.478 e. The highest BCUT2D eigenvalue weighted by Crippen LogP contribution is 2.00. The Morgan fingerprint density at radius 3 is 1.39 bits per heavy atom. The lowest BCUT2D eigenvalue weighted by Gasteiger charge is -1.92. The zero-order chi connectivity index (χ0) is 21.6. The minimum Gasteiger partial charge on any atom is -0.478 e. The van der Waals surface area contributed by atoms with Crippen LogP contribution < -0.4 is 0 Å². The van der Waals surface area contributed by atoms with Gasteiger partial charge in [0.25, 0.3) is 0 Å². The van der Waals surface area contributed by atoms with Crippen LogP contribution in [0.1, 0.15) is 45.7 Å². The Morgan fingerprint density at radius 2 is 1.07 bits per heavy atom. The molecule has 0 saturated heterocycles. The number of carboxylic acid groups (broad SMARTS) is 1. The van der Waals surface area contributed by atoms with Crippen LogP contribution in [0.5, 0.6) is 0 Å². The summed E-state index contributed by atoms with van der Waals surface area (Å²) in [6, 6.07) is 19.8. The first-order chi connectivity index (χ1) is 13.6. The lowest BCUT2D eigenvalue weighted by Crippen LogP contribution is -1.87. The highest BCUT2D eigenvalue weighted by molar-refractivity contribution is 5.87. The SMILES string of the molecule is CC.CC.CC(=O)C=CCc1ccccc1.O=C(O)C=CCc1ccccc1. The number of ketones is 1. The monoisotopic (exact) mass is 382 g/mol. The van der Waals surface area contributed by atoms with Gasteiger partial charge in [0.1, 0.15) is 0 Å². The maximum atomic E-state index is 10.5. The minimum absolute atomic E-state index is 0.103. The van der Waals surface area contributed by atoms with E-state index >= 15 is 0 Å². The number of hydrogen-bond acceptors (Lipinski definition) is 2. The summed E-state index contributed by atoms with van der Waals surface area (Å²) in [6.45, 7) is 9.56. The first-order valence-electron chi connectivity index (χ1n) is 9.72. The Morgan fingerprint density at radius 1 is 0.714 bits per heavy atom. The average molecular weight is 383 g/mol. The zero-order valence-electron chi connectivity index (χ0n) is 17.8. The molecule has 0 aliphatic heterocycles. The van der Waals surface area contributed by atoms with Gasteiger partial charge < -0.3 is 5.11 Å². The lowest BCUT2D eigenvalue weighted by atomic mass is 10.1. The van der Waals surface area contributed by atoms with Gasteiger partial charge in [0, 0.05) is 6.08 Å². The van der Waals surface area contributed by atoms with E-state index in [1.54, 1.807) is 19.1 Å². The Labute approximate surface area is 170 Å². The molecule has 0 unspecified atom stereocenters. The fourth-order valence-corrected chi connectivity index (χ4v) is 1.88. The van der Waals surface area contributed by atoms with E-state index in [2.05, 4.69) is 0 Å². The van der Waals surface area contributed by atoms with Crippen LogP contribution in [0.25, 0.3) is 0 Å². The van der Waals surface area contributed by atoms with Gasteiger partial charge in [-0.25, -0.2) is 4.79 Å². The molecule has 152 valence electrons. The summed E-state index contributed by atoms with van der Waals surface area (Å²) in [5.41, 5.74) is 2.35. The van der Waals surface area contributed by atoms with Crippen molar-refractivity contribution in [3.8, 4) is 0 Å². The van der Waals surface area contributed by atoms with E-state index in [-0.39, 0.29) is 5.78 Å². The van der Waals surface area contributed by atoms with Crippen LogP contribution in [0.15, 0.2) is 85.0 Å². The van der Waals surface area contributed by atoms with Gasteiger partial charge in [0.2, 0.25) is 0 Å². The molecule has 2 aromatic carbocycles. The molecule has 0 aliphatic rings. The van der Waals surface area contributed by atoms with Crippen LogP contribution >= 0.6 is 0 Å². The number of rotatable bonds is 6. The predicted octanol–water partition coefficient (Wildman–Crippen LogP) is 6.30. The number of carbonyl (C=O) groups excluding carboxylic acids is 1. The molecule has 0 amide bonds. The van der Waals surface area contributed by atoms with E-state index < -0.39 is 5.97 Å². The zero-order valence-corrected chi connectivity index (χ0v) is 17.8. The van der Waals surface area contributed by atoms with Crippen LogP contribution in [0.2, 0.25) is 0 Å². The molecule has 2 aromatic rings. The summed E-state index contributed by atoms with van der Waals surface area (Å²) < 4.78 is 0. The maximum Gasteiger partial charge on any atom is 0.327 e. The summed E-state index contributed by atoms with van der Waals surface area (Å²) >= 11 is 0. The van der Waals surface area contributed by atoms with E-state index in [0.29, 0.717) is 6.42 Å². The molecule has 0 heterocycles. The highest BCUT2D eigenvalue weighted by atomic mass is 16.4. The number of hydrogen-bond donors (Lipinski definition) is 1. The van der Waals surface area contributed by atoms with E-state index in [0.717, 1.165) is 18.1 Å².